The largest absolute Gasteiger partial charge is 0.322 e. The van der Waals surface area contributed by atoms with Crippen molar-refractivity contribution in [2.75, 3.05) is 11.9 Å². The number of pyridine rings is 1. The molecule has 0 radical (unpaired) electrons. The van der Waals surface area contributed by atoms with Crippen LogP contribution in [-0.2, 0) is 14.8 Å². The fourth-order valence-corrected chi connectivity index (χ4v) is 3.58. The summed E-state index contributed by atoms with van der Waals surface area (Å²) < 4.78 is 26.2. The van der Waals surface area contributed by atoms with E-state index in [1.807, 2.05) is 24.3 Å². The van der Waals surface area contributed by atoms with E-state index in [4.69, 9.17) is 0 Å². The van der Waals surface area contributed by atoms with Gasteiger partial charge in [-0.05, 0) is 48.0 Å². The second kappa shape index (κ2) is 8.11. The van der Waals surface area contributed by atoms with Gasteiger partial charge in [0.1, 0.15) is 0 Å². The molecule has 0 bridgehead atoms. The molecule has 1 amide bonds. The molecule has 0 aliphatic heterocycles. The summed E-state index contributed by atoms with van der Waals surface area (Å²) in [7, 11) is -3.48. The lowest BCUT2D eigenvalue weighted by Gasteiger charge is -2.05. The zero-order valence-corrected chi connectivity index (χ0v) is 15.5. The Bertz CT molecular complexity index is 1090. The van der Waals surface area contributed by atoms with Gasteiger partial charge in [0.2, 0.25) is 15.9 Å². The van der Waals surface area contributed by atoms with Gasteiger partial charge in [-0.25, -0.2) is 13.1 Å². The van der Waals surface area contributed by atoms with Crippen molar-refractivity contribution < 1.29 is 13.2 Å². The number of benzene rings is 2. The number of nitrogens with zero attached hydrogens (tertiary/aromatic N) is 1. The van der Waals surface area contributed by atoms with Gasteiger partial charge in [-0.3, -0.25) is 9.78 Å². The lowest BCUT2D eigenvalue weighted by molar-refractivity contribution is -0.111. The Balaban J connectivity index is 1.67. The SMILES string of the molecule is CCNS(=O)(=O)c1ccc(/C=C/C(=O)Nc2ccc3ncccc3c2)cc1. The number of anilines is 1. The van der Waals surface area contributed by atoms with Crippen molar-refractivity contribution in [2.24, 2.45) is 0 Å². The Morgan fingerprint density at radius 1 is 1.11 bits per heavy atom. The quantitative estimate of drug-likeness (QED) is 0.642. The zero-order chi connectivity index (χ0) is 19.3. The van der Waals surface area contributed by atoms with Crippen LogP contribution in [0, 0.1) is 0 Å². The Hall–Kier alpha value is -3.03. The minimum Gasteiger partial charge on any atom is -0.322 e. The highest BCUT2D eigenvalue weighted by atomic mass is 32.2. The monoisotopic (exact) mass is 381 g/mol. The summed E-state index contributed by atoms with van der Waals surface area (Å²) in [6, 6.07) is 15.6. The van der Waals surface area contributed by atoms with Gasteiger partial charge in [0, 0.05) is 29.9 Å². The molecule has 0 aliphatic carbocycles. The lowest BCUT2D eigenvalue weighted by Crippen LogP contribution is -2.22. The van der Waals surface area contributed by atoms with Crippen LogP contribution in [0.15, 0.2) is 71.8 Å². The van der Waals surface area contributed by atoms with Crippen molar-refractivity contribution in [3.05, 3.63) is 72.4 Å². The summed E-state index contributed by atoms with van der Waals surface area (Å²) >= 11 is 0. The zero-order valence-electron chi connectivity index (χ0n) is 14.7. The van der Waals surface area contributed by atoms with Gasteiger partial charge in [-0.1, -0.05) is 25.1 Å². The Labute approximate surface area is 158 Å². The summed E-state index contributed by atoms with van der Waals surface area (Å²) in [6.45, 7) is 2.05. The normalized spacial score (nSPS) is 11.7. The molecule has 7 heteroatoms. The number of rotatable bonds is 6. The van der Waals surface area contributed by atoms with E-state index in [0.29, 0.717) is 12.2 Å². The number of carbonyl (C=O) groups is 1. The molecule has 0 aliphatic rings. The molecule has 0 saturated heterocycles. The van der Waals surface area contributed by atoms with E-state index in [2.05, 4.69) is 15.0 Å². The van der Waals surface area contributed by atoms with Gasteiger partial charge in [-0.15, -0.1) is 0 Å². The molecule has 0 atom stereocenters. The molecule has 0 fully saturated rings. The number of aromatic nitrogens is 1. The highest BCUT2D eigenvalue weighted by molar-refractivity contribution is 7.89. The molecule has 0 unspecified atom stereocenters. The Kier molecular flexibility index (Phi) is 5.63. The van der Waals surface area contributed by atoms with Crippen molar-refractivity contribution in [3.8, 4) is 0 Å². The van der Waals surface area contributed by atoms with E-state index in [1.54, 1.807) is 37.4 Å². The third-order valence-electron chi connectivity index (χ3n) is 3.82. The van der Waals surface area contributed by atoms with Gasteiger partial charge in [-0.2, -0.15) is 0 Å². The minimum atomic E-state index is -3.48. The van der Waals surface area contributed by atoms with Crippen LogP contribution in [0.5, 0.6) is 0 Å². The molecule has 2 aromatic carbocycles. The number of hydrogen-bond acceptors (Lipinski definition) is 4. The fraction of sp³-hybridized carbons (Fsp3) is 0.100. The molecular weight excluding hydrogens is 362 g/mol. The second-order valence-electron chi connectivity index (χ2n) is 5.80. The van der Waals surface area contributed by atoms with Crippen LogP contribution in [0.2, 0.25) is 0 Å². The maximum absolute atomic E-state index is 12.1. The first kappa shape index (κ1) is 18.8. The van der Waals surface area contributed by atoms with Gasteiger partial charge < -0.3 is 5.32 Å². The molecular formula is C20H19N3O3S. The summed E-state index contributed by atoms with van der Waals surface area (Å²) in [6.07, 6.45) is 4.75. The second-order valence-corrected chi connectivity index (χ2v) is 7.57. The van der Waals surface area contributed by atoms with E-state index in [0.717, 1.165) is 16.5 Å². The van der Waals surface area contributed by atoms with Gasteiger partial charge >= 0.3 is 0 Å². The molecule has 0 spiro atoms. The number of carbonyl (C=O) groups excluding carboxylic acids is 1. The van der Waals surface area contributed by atoms with Crippen molar-refractivity contribution in [1.82, 2.24) is 9.71 Å². The van der Waals surface area contributed by atoms with Crippen molar-refractivity contribution in [3.63, 3.8) is 0 Å². The Morgan fingerprint density at radius 3 is 2.63 bits per heavy atom. The third-order valence-corrected chi connectivity index (χ3v) is 5.38. The van der Waals surface area contributed by atoms with Crippen LogP contribution in [-0.4, -0.2) is 25.9 Å². The topological polar surface area (TPSA) is 88.2 Å². The molecule has 3 rings (SSSR count). The first-order valence-corrected chi connectivity index (χ1v) is 9.90. The van der Waals surface area contributed by atoms with Gasteiger partial charge in [0.05, 0.1) is 10.4 Å². The summed E-state index contributed by atoms with van der Waals surface area (Å²) in [4.78, 5) is 16.5. The fourth-order valence-electron chi connectivity index (χ4n) is 2.54. The smallest absolute Gasteiger partial charge is 0.248 e. The van der Waals surface area contributed by atoms with Crippen molar-refractivity contribution in [2.45, 2.75) is 11.8 Å². The maximum Gasteiger partial charge on any atom is 0.248 e. The maximum atomic E-state index is 12.1. The molecule has 138 valence electrons. The molecule has 3 aromatic rings. The molecule has 6 nitrogen and oxygen atoms in total. The van der Waals surface area contributed by atoms with E-state index in [-0.39, 0.29) is 10.8 Å². The van der Waals surface area contributed by atoms with E-state index in [9.17, 15) is 13.2 Å². The highest BCUT2D eigenvalue weighted by Gasteiger charge is 2.11. The number of nitrogens with one attached hydrogen (secondary N) is 2. The van der Waals surface area contributed by atoms with Crippen LogP contribution in [0.3, 0.4) is 0 Å². The van der Waals surface area contributed by atoms with Crippen LogP contribution in [0.4, 0.5) is 5.69 Å². The summed E-state index contributed by atoms with van der Waals surface area (Å²) in [5.41, 5.74) is 2.26. The van der Waals surface area contributed by atoms with E-state index < -0.39 is 10.0 Å². The van der Waals surface area contributed by atoms with Crippen LogP contribution < -0.4 is 10.0 Å². The summed E-state index contributed by atoms with van der Waals surface area (Å²) in [5.74, 6) is -0.275. The number of amides is 1. The minimum absolute atomic E-state index is 0.190. The molecule has 1 heterocycles. The van der Waals surface area contributed by atoms with Crippen LogP contribution >= 0.6 is 0 Å². The average molecular weight is 381 g/mol. The molecule has 0 saturated carbocycles. The van der Waals surface area contributed by atoms with Crippen LogP contribution in [0.25, 0.3) is 17.0 Å². The molecule has 1 aromatic heterocycles. The van der Waals surface area contributed by atoms with Crippen LogP contribution in [0.1, 0.15) is 12.5 Å². The first-order chi connectivity index (χ1) is 13.0. The number of hydrogen-bond donors (Lipinski definition) is 2. The van der Waals surface area contributed by atoms with Gasteiger partial charge in [0.25, 0.3) is 0 Å². The van der Waals surface area contributed by atoms with E-state index in [1.165, 1.54) is 18.2 Å². The lowest BCUT2D eigenvalue weighted by atomic mass is 10.2. The third kappa shape index (κ3) is 4.78. The predicted molar refractivity (Wildman–Crippen MR) is 107 cm³/mol. The molecule has 27 heavy (non-hydrogen) atoms. The highest BCUT2D eigenvalue weighted by Crippen LogP contribution is 2.17. The van der Waals surface area contributed by atoms with E-state index >= 15 is 0 Å². The Morgan fingerprint density at radius 2 is 1.89 bits per heavy atom. The predicted octanol–water partition coefficient (Wildman–Crippen LogP) is 3.18. The first-order valence-electron chi connectivity index (χ1n) is 8.41. The van der Waals surface area contributed by atoms with Crippen molar-refractivity contribution >= 4 is 38.6 Å². The number of fused-ring (bicyclic) bond motifs is 1. The summed E-state index contributed by atoms with van der Waals surface area (Å²) in [5, 5.41) is 3.74. The standard InChI is InChI=1S/C20H19N3O3S/c1-2-22-27(25,26)18-9-5-15(6-10-18)7-12-20(24)23-17-8-11-19-16(14-17)4-3-13-21-19/h3-14,22H,2H2,1H3,(H,23,24)/b12-7+. The average Bonchev–Trinajstić information content (AvgIpc) is 2.66. The number of sulfonamides is 1. The molecule has 2 N–H and O–H groups in total. The van der Waals surface area contributed by atoms with Crippen molar-refractivity contribution in [1.29, 1.82) is 0 Å². The van der Waals surface area contributed by atoms with Gasteiger partial charge in [0.15, 0.2) is 0 Å².